The number of benzene rings is 3. The number of carbonyl (C=O) groups excluding carboxylic acids is 3. The average Bonchev–Trinajstić information content (AvgIpc) is 3.02. The Morgan fingerprint density at radius 3 is 2.56 bits per heavy atom. The van der Waals surface area contributed by atoms with E-state index < -0.39 is 23.9 Å². The second-order valence-electron chi connectivity index (χ2n) is 8.38. The number of anilines is 2. The Bertz CT molecular complexity index is 1250. The molecule has 3 amide bonds. The molecule has 0 bridgehead atoms. The van der Waals surface area contributed by atoms with Crippen molar-refractivity contribution in [3.05, 3.63) is 89.7 Å². The van der Waals surface area contributed by atoms with Crippen LogP contribution in [0.15, 0.2) is 72.8 Å². The van der Waals surface area contributed by atoms with E-state index in [0.717, 1.165) is 0 Å². The van der Waals surface area contributed by atoms with E-state index in [4.69, 9.17) is 10.5 Å². The molecule has 1 heterocycles. The van der Waals surface area contributed by atoms with Gasteiger partial charge in [-0.1, -0.05) is 30.3 Å². The lowest BCUT2D eigenvalue weighted by molar-refractivity contribution is -0.125. The number of halogens is 1. The predicted molar refractivity (Wildman–Crippen MR) is 134 cm³/mol. The zero-order chi connectivity index (χ0) is 25.7. The van der Waals surface area contributed by atoms with Gasteiger partial charge in [-0.15, -0.1) is 0 Å². The highest BCUT2D eigenvalue weighted by Gasteiger charge is 2.36. The molecule has 9 heteroatoms. The fourth-order valence-corrected chi connectivity index (χ4v) is 4.08. The fraction of sp³-hybridized carbons (Fsp3) is 0.222. The zero-order valence-corrected chi connectivity index (χ0v) is 19.7. The van der Waals surface area contributed by atoms with Crippen LogP contribution in [0.25, 0.3) is 0 Å². The highest BCUT2D eigenvalue weighted by atomic mass is 19.1. The van der Waals surface area contributed by atoms with Gasteiger partial charge >= 0.3 is 0 Å². The Morgan fingerprint density at radius 1 is 1.14 bits per heavy atom. The van der Waals surface area contributed by atoms with Crippen LogP contribution in [0.1, 0.15) is 35.3 Å². The first kappa shape index (κ1) is 24.9. The van der Waals surface area contributed by atoms with Crippen LogP contribution < -0.4 is 26.0 Å². The van der Waals surface area contributed by atoms with Gasteiger partial charge < -0.3 is 21.1 Å². The highest BCUT2D eigenvalue weighted by Crippen LogP contribution is 2.39. The molecule has 8 nitrogen and oxygen atoms in total. The Kier molecular flexibility index (Phi) is 7.60. The molecule has 4 rings (SSSR count). The number of carbonyl (C=O) groups is 3. The number of para-hydroxylation sites is 1. The second-order valence-corrected chi connectivity index (χ2v) is 8.38. The maximum absolute atomic E-state index is 13.8. The van der Waals surface area contributed by atoms with E-state index in [1.807, 2.05) is 6.07 Å². The molecule has 2 atom stereocenters. The molecule has 3 aromatic carbocycles. The maximum Gasteiger partial charge on any atom is 0.268 e. The van der Waals surface area contributed by atoms with Crippen LogP contribution in [-0.4, -0.2) is 36.9 Å². The highest BCUT2D eigenvalue weighted by molar-refractivity contribution is 6.07. The van der Waals surface area contributed by atoms with Crippen molar-refractivity contribution in [3.63, 3.8) is 0 Å². The van der Waals surface area contributed by atoms with E-state index in [2.05, 4.69) is 10.6 Å². The molecule has 2 unspecified atom stereocenters. The molecule has 0 aliphatic carbocycles. The molecular weight excluding hydrogens is 463 g/mol. The van der Waals surface area contributed by atoms with Crippen LogP contribution in [0, 0.1) is 5.82 Å². The first-order valence-corrected chi connectivity index (χ1v) is 11.6. The molecule has 186 valence electrons. The second kappa shape index (κ2) is 11.0. The van der Waals surface area contributed by atoms with Crippen molar-refractivity contribution in [1.29, 1.82) is 0 Å². The molecule has 1 aliphatic rings. The molecule has 3 aromatic rings. The van der Waals surface area contributed by atoms with E-state index >= 15 is 0 Å². The summed E-state index contributed by atoms with van der Waals surface area (Å²) in [6, 6.07) is 18.6. The van der Waals surface area contributed by atoms with E-state index in [9.17, 15) is 18.8 Å². The Balaban J connectivity index is 1.76. The van der Waals surface area contributed by atoms with Crippen LogP contribution in [0.2, 0.25) is 0 Å². The van der Waals surface area contributed by atoms with Gasteiger partial charge in [0.1, 0.15) is 11.6 Å². The maximum atomic E-state index is 13.8. The minimum Gasteiger partial charge on any atom is -0.481 e. The summed E-state index contributed by atoms with van der Waals surface area (Å²) < 4.78 is 19.5. The molecule has 0 saturated carbocycles. The summed E-state index contributed by atoms with van der Waals surface area (Å²) >= 11 is 0. The molecule has 0 aromatic heterocycles. The van der Waals surface area contributed by atoms with Crippen molar-refractivity contribution in [2.24, 2.45) is 5.73 Å². The van der Waals surface area contributed by atoms with Gasteiger partial charge in [0, 0.05) is 18.7 Å². The topological polar surface area (TPSA) is 114 Å². The van der Waals surface area contributed by atoms with Gasteiger partial charge in [-0.25, -0.2) is 4.39 Å². The minimum absolute atomic E-state index is 0.0706. The number of amides is 3. The molecule has 0 saturated heterocycles. The van der Waals surface area contributed by atoms with E-state index in [-0.39, 0.29) is 24.8 Å². The summed E-state index contributed by atoms with van der Waals surface area (Å²) in [6.45, 7) is 2.22. The molecule has 0 radical (unpaired) electrons. The lowest BCUT2D eigenvalue weighted by Crippen LogP contribution is -2.43. The average molecular weight is 491 g/mol. The molecule has 4 N–H and O–H groups in total. The van der Waals surface area contributed by atoms with Gasteiger partial charge in [-0.05, 0) is 55.0 Å². The number of nitrogens with one attached hydrogen (secondary N) is 2. The Morgan fingerprint density at radius 2 is 1.86 bits per heavy atom. The third-order valence-corrected chi connectivity index (χ3v) is 5.81. The monoisotopic (exact) mass is 490 g/mol. The van der Waals surface area contributed by atoms with E-state index in [1.54, 1.807) is 55.5 Å². The van der Waals surface area contributed by atoms with Crippen molar-refractivity contribution in [1.82, 2.24) is 5.32 Å². The minimum atomic E-state index is -0.899. The van der Waals surface area contributed by atoms with Crippen LogP contribution >= 0.6 is 0 Å². The third kappa shape index (κ3) is 5.52. The Labute approximate surface area is 208 Å². The lowest BCUT2D eigenvalue weighted by Gasteiger charge is -2.33. The first-order chi connectivity index (χ1) is 17.4. The van der Waals surface area contributed by atoms with Crippen LogP contribution in [-0.2, 0) is 9.59 Å². The van der Waals surface area contributed by atoms with Gasteiger partial charge in [0.15, 0.2) is 6.10 Å². The number of fused-ring (bicyclic) bond motifs is 1. The summed E-state index contributed by atoms with van der Waals surface area (Å²) in [4.78, 5) is 40.7. The number of hydrogen-bond acceptors (Lipinski definition) is 5. The summed E-state index contributed by atoms with van der Waals surface area (Å²) in [5, 5.41) is 5.49. The molecule has 36 heavy (non-hydrogen) atoms. The smallest absolute Gasteiger partial charge is 0.268 e. The van der Waals surface area contributed by atoms with Gasteiger partial charge in [-0.2, -0.15) is 0 Å². The SMILES string of the molecule is CC(Oc1ccccc1)C(=O)N1c2ccc(C(=O)NCCN)cc2NC(=O)CC1c1ccc(F)cc1. The number of nitrogens with two attached hydrogens (primary N) is 1. The van der Waals surface area contributed by atoms with Crippen LogP contribution in [0.4, 0.5) is 15.8 Å². The summed E-state index contributed by atoms with van der Waals surface area (Å²) in [5.41, 5.74) is 7.08. The van der Waals surface area contributed by atoms with Gasteiger partial charge in [0.2, 0.25) is 5.91 Å². The zero-order valence-electron chi connectivity index (χ0n) is 19.7. The summed E-state index contributed by atoms with van der Waals surface area (Å²) in [5.74, 6) is -1.00. The molecule has 1 aliphatic heterocycles. The number of ether oxygens (including phenoxy) is 1. The summed E-state index contributed by atoms with van der Waals surface area (Å²) in [7, 11) is 0. The number of rotatable bonds is 7. The molecule has 0 spiro atoms. The molecule has 0 fully saturated rings. The predicted octanol–water partition coefficient (Wildman–Crippen LogP) is 3.40. The largest absolute Gasteiger partial charge is 0.481 e. The molecular formula is C27H27FN4O4. The number of hydrogen-bond donors (Lipinski definition) is 3. The quantitative estimate of drug-likeness (QED) is 0.470. The van der Waals surface area contributed by atoms with Gasteiger partial charge in [0.05, 0.1) is 23.8 Å². The standard InChI is InChI=1S/C27H27FN4O4/c1-17(36-21-5-3-2-4-6-21)27(35)32-23-12-9-19(26(34)30-14-13-29)15-22(23)31-25(33)16-24(32)18-7-10-20(28)11-8-18/h2-12,15,17,24H,13-14,16,29H2,1H3,(H,30,34)(H,31,33). The van der Waals surface area contributed by atoms with Crippen molar-refractivity contribution in [2.75, 3.05) is 23.3 Å². The van der Waals surface area contributed by atoms with Gasteiger partial charge in [-0.3, -0.25) is 19.3 Å². The van der Waals surface area contributed by atoms with Crippen molar-refractivity contribution < 1.29 is 23.5 Å². The normalized spacial score (nSPS) is 15.8. The van der Waals surface area contributed by atoms with Gasteiger partial charge in [0.25, 0.3) is 11.8 Å². The van der Waals surface area contributed by atoms with E-state index in [1.165, 1.54) is 23.1 Å². The van der Waals surface area contributed by atoms with Crippen LogP contribution in [0.3, 0.4) is 0 Å². The third-order valence-electron chi connectivity index (χ3n) is 5.81. The lowest BCUT2D eigenvalue weighted by atomic mass is 10.00. The first-order valence-electron chi connectivity index (χ1n) is 11.6. The number of nitrogens with zero attached hydrogens (tertiary/aromatic N) is 1. The fourth-order valence-electron chi connectivity index (χ4n) is 4.08. The van der Waals surface area contributed by atoms with Crippen molar-refractivity contribution in [3.8, 4) is 5.75 Å². The van der Waals surface area contributed by atoms with Crippen molar-refractivity contribution >= 4 is 29.1 Å². The van der Waals surface area contributed by atoms with E-state index in [0.29, 0.717) is 34.8 Å². The van der Waals surface area contributed by atoms with Crippen LogP contribution in [0.5, 0.6) is 5.75 Å². The van der Waals surface area contributed by atoms with Crippen molar-refractivity contribution in [2.45, 2.75) is 25.5 Å². The Hall–Kier alpha value is -4.24. The summed E-state index contributed by atoms with van der Waals surface area (Å²) in [6.07, 6.45) is -0.970.